The maximum absolute atomic E-state index is 12.2. The zero-order chi connectivity index (χ0) is 15.2. The number of fused-ring (bicyclic) bond motifs is 1. The van der Waals surface area contributed by atoms with Gasteiger partial charge in [-0.05, 0) is 30.4 Å². The molecule has 0 unspecified atom stereocenters. The summed E-state index contributed by atoms with van der Waals surface area (Å²) in [5.74, 6) is 1.47. The number of pyridine rings is 1. The van der Waals surface area contributed by atoms with Gasteiger partial charge in [0.2, 0.25) is 0 Å². The van der Waals surface area contributed by atoms with Crippen LogP contribution in [0.3, 0.4) is 0 Å². The van der Waals surface area contributed by atoms with Gasteiger partial charge in [-0.3, -0.25) is 14.8 Å². The molecule has 0 bridgehead atoms. The fraction of sp³-hybridized carbons (Fsp3) is 0.688. The van der Waals surface area contributed by atoms with Crippen LogP contribution in [-0.2, 0) is 16.4 Å². The average molecular weight is 321 g/mol. The summed E-state index contributed by atoms with van der Waals surface area (Å²) in [6.07, 6.45) is 6.30. The molecular formula is C16H23N3O2S. The zero-order valence-electron chi connectivity index (χ0n) is 12.8. The number of hydrogen-bond acceptors (Lipinski definition) is 5. The summed E-state index contributed by atoms with van der Waals surface area (Å²) in [7, 11) is -2.90. The minimum absolute atomic E-state index is 0.151. The van der Waals surface area contributed by atoms with Crippen molar-refractivity contribution in [1.29, 1.82) is 0 Å². The van der Waals surface area contributed by atoms with Crippen LogP contribution in [0.25, 0.3) is 0 Å². The molecule has 4 rings (SSSR count). The van der Waals surface area contributed by atoms with Crippen molar-refractivity contribution in [2.24, 2.45) is 5.92 Å². The number of piperazine rings is 1. The maximum atomic E-state index is 12.2. The van der Waals surface area contributed by atoms with E-state index in [1.165, 1.54) is 18.4 Å². The summed E-state index contributed by atoms with van der Waals surface area (Å²) in [5, 5.41) is 0. The summed E-state index contributed by atoms with van der Waals surface area (Å²) in [5.41, 5.74) is 1.17. The second-order valence-electron chi connectivity index (χ2n) is 6.98. The van der Waals surface area contributed by atoms with Crippen LogP contribution in [0.5, 0.6) is 0 Å². The van der Waals surface area contributed by atoms with Crippen molar-refractivity contribution >= 4 is 9.84 Å². The van der Waals surface area contributed by atoms with E-state index in [1.807, 2.05) is 12.3 Å². The van der Waals surface area contributed by atoms with Crippen LogP contribution in [0.15, 0.2) is 24.5 Å². The van der Waals surface area contributed by atoms with E-state index in [1.54, 1.807) is 6.20 Å². The quantitative estimate of drug-likeness (QED) is 0.820. The molecule has 0 aromatic carbocycles. The van der Waals surface area contributed by atoms with Gasteiger partial charge in [0.25, 0.3) is 0 Å². The highest BCUT2D eigenvalue weighted by Crippen LogP contribution is 2.34. The van der Waals surface area contributed by atoms with Crippen molar-refractivity contribution in [3.05, 3.63) is 30.1 Å². The second-order valence-corrected chi connectivity index (χ2v) is 9.14. The van der Waals surface area contributed by atoms with Gasteiger partial charge in [-0.25, -0.2) is 8.42 Å². The van der Waals surface area contributed by atoms with Gasteiger partial charge in [0.05, 0.1) is 11.5 Å². The third-order valence-electron chi connectivity index (χ3n) is 5.20. The first kappa shape index (κ1) is 14.6. The Balaban J connectivity index is 1.52. The van der Waals surface area contributed by atoms with Gasteiger partial charge in [-0.2, -0.15) is 0 Å². The Morgan fingerprint density at radius 1 is 1.14 bits per heavy atom. The molecule has 1 aromatic heterocycles. The van der Waals surface area contributed by atoms with Crippen molar-refractivity contribution in [3.63, 3.8) is 0 Å². The first-order valence-electron chi connectivity index (χ1n) is 8.18. The molecular weight excluding hydrogens is 298 g/mol. The lowest BCUT2D eigenvalue weighted by molar-refractivity contribution is 0.0376. The molecule has 2 atom stereocenters. The highest BCUT2D eigenvalue weighted by Gasteiger charge is 2.47. The molecule has 3 heterocycles. The molecule has 3 aliphatic rings. The number of nitrogens with zero attached hydrogens (tertiary/aromatic N) is 3. The van der Waals surface area contributed by atoms with Crippen LogP contribution in [0, 0.1) is 5.92 Å². The monoisotopic (exact) mass is 321 g/mol. The largest absolute Gasteiger partial charge is 0.296 e. The van der Waals surface area contributed by atoms with Gasteiger partial charge < -0.3 is 0 Å². The van der Waals surface area contributed by atoms with Crippen LogP contribution in [0.2, 0.25) is 0 Å². The molecule has 3 fully saturated rings. The minimum Gasteiger partial charge on any atom is -0.296 e. The van der Waals surface area contributed by atoms with Crippen LogP contribution in [0.4, 0.5) is 0 Å². The Morgan fingerprint density at radius 3 is 2.55 bits per heavy atom. The van der Waals surface area contributed by atoms with E-state index in [0.29, 0.717) is 11.5 Å². The van der Waals surface area contributed by atoms with Gasteiger partial charge in [0.1, 0.15) is 0 Å². The maximum Gasteiger partial charge on any atom is 0.153 e. The Labute approximate surface area is 132 Å². The molecule has 2 aliphatic heterocycles. The Hall–Kier alpha value is -0.980. The van der Waals surface area contributed by atoms with E-state index in [2.05, 4.69) is 20.9 Å². The van der Waals surface area contributed by atoms with E-state index in [9.17, 15) is 8.42 Å². The van der Waals surface area contributed by atoms with Gasteiger partial charge in [0, 0.05) is 50.7 Å². The molecule has 1 aromatic rings. The SMILES string of the molecule is O=S1(=O)C[C@@H]2[C@H](C1)N(CC1CC1)CCN2Cc1cccnc1. The highest BCUT2D eigenvalue weighted by atomic mass is 32.2. The van der Waals surface area contributed by atoms with Crippen molar-refractivity contribution in [3.8, 4) is 0 Å². The first-order valence-corrected chi connectivity index (χ1v) is 10.0. The number of sulfone groups is 1. The standard InChI is InChI=1S/C16H23N3O2S/c20-22(21)11-15-16(12-22)19(10-14-2-1-5-17-8-14)7-6-18(15)9-13-3-4-13/h1-2,5,8,13,15-16H,3-4,6-7,9-12H2/t15-,16+/m0/s1. The fourth-order valence-electron chi connectivity index (χ4n) is 3.88. The minimum atomic E-state index is -2.90. The molecule has 6 heteroatoms. The molecule has 120 valence electrons. The lowest BCUT2D eigenvalue weighted by Gasteiger charge is -2.44. The summed E-state index contributed by atoms with van der Waals surface area (Å²) in [6.45, 7) is 3.85. The number of aromatic nitrogens is 1. The average Bonchev–Trinajstić information content (AvgIpc) is 3.24. The van der Waals surface area contributed by atoms with E-state index in [0.717, 1.165) is 32.1 Å². The fourth-order valence-corrected chi connectivity index (χ4v) is 5.92. The van der Waals surface area contributed by atoms with E-state index < -0.39 is 9.84 Å². The molecule has 0 N–H and O–H groups in total. The van der Waals surface area contributed by atoms with Gasteiger partial charge >= 0.3 is 0 Å². The summed E-state index contributed by atoms with van der Waals surface area (Å²) >= 11 is 0. The topological polar surface area (TPSA) is 53.5 Å². The summed E-state index contributed by atoms with van der Waals surface area (Å²) < 4.78 is 24.4. The highest BCUT2D eigenvalue weighted by molar-refractivity contribution is 7.91. The Bertz CT molecular complexity index is 630. The molecule has 1 aliphatic carbocycles. The Kier molecular flexibility index (Phi) is 3.71. The molecule has 0 amide bonds. The second kappa shape index (κ2) is 5.58. The van der Waals surface area contributed by atoms with Gasteiger partial charge in [0.15, 0.2) is 9.84 Å². The van der Waals surface area contributed by atoms with E-state index in [-0.39, 0.29) is 12.1 Å². The molecule has 1 saturated carbocycles. The molecule has 22 heavy (non-hydrogen) atoms. The van der Waals surface area contributed by atoms with E-state index in [4.69, 9.17) is 0 Å². The predicted octanol–water partition coefficient (Wildman–Crippen LogP) is 0.775. The van der Waals surface area contributed by atoms with Crippen molar-refractivity contribution in [2.75, 3.05) is 31.1 Å². The van der Waals surface area contributed by atoms with Crippen molar-refractivity contribution in [2.45, 2.75) is 31.5 Å². The summed E-state index contributed by atoms with van der Waals surface area (Å²) in [6, 6.07) is 4.36. The molecule has 5 nitrogen and oxygen atoms in total. The Morgan fingerprint density at radius 2 is 1.86 bits per heavy atom. The zero-order valence-corrected chi connectivity index (χ0v) is 13.6. The first-order chi connectivity index (χ1) is 10.6. The number of rotatable bonds is 4. The van der Waals surface area contributed by atoms with Crippen LogP contribution in [0.1, 0.15) is 18.4 Å². The normalized spacial score (nSPS) is 32.0. The van der Waals surface area contributed by atoms with Crippen molar-refractivity contribution < 1.29 is 8.42 Å². The van der Waals surface area contributed by atoms with Crippen LogP contribution >= 0.6 is 0 Å². The van der Waals surface area contributed by atoms with Crippen LogP contribution in [-0.4, -0.2) is 66.4 Å². The lowest BCUT2D eigenvalue weighted by Crippen LogP contribution is -2.59. The molecule has 0 radical (unpaired) electrons. The third-order valence-corrected chi connectivity index (χ3v) is 6.90. The van der Waals surface area contributed by atoms with Gasteiger partial charge in [-0.1, -0.05) is 6.07 Å². The predicted molar refractivity (Wildman–Crippen MR) is 85.2 cm³/mol. The smallest absolute Gasteiger partial charge is 0.153 e. The number of hydrogen-bond donors (Lipinski definition) is 0. The van der Waals surface area contributed by atoms with Crippen LogP contribution < -0.4 is 0 Å². The molecule has 0 spiro atoms. The molecule has 2 saturated heterocycles. The van der Waals surface area contributed by atoms with E-state index >= 15 is 0 Å². The lowest BCUT2D eigenvalue weighted by atomic mass is 10.0. The van der Waals surface area contributed by atoms with Gasteiger partial charge in [-0.15, -0.1) is 0 Å². The summed E-state index contributed by atoms with van der Waals surface area (Å²) in [4.78, 5) is 8.98. The third kappa shape index (κ3) is 3.05. The van der Waals surface area contributed by atoms with Crippen molar-refractivity contribution in [1.82, 2.24) is 14.8 Å².